The first-order chi connectivity index (χ1) is 5.25. The fourth-order valence-corrected chi connectivity index (χ4v) is 1.91. The molecule has 0 aliphatic heterocycles. The summed E-state index contributed by atoms with van der Waals surface area (Å²) in [7, 11) is 5.58. The summed E-state index contributed by atoms with van der Waals surface area (Å²) < 4.78 is 0.773. The number of pyridine rings is 1. The lowest BCUT2D eigenvalue weighted by molar-refractivity contribution is 1.44. The van der Waals surface area contributed by atoms with Gasteiger partial charge < -0.3 is 0 Å². The van der Waals surface area contributed by atoms with Crippen LogP contribution in [0.2, 0.25) is 5.15 Å². The van der Waals surface area contributed by atoms with Crippen LogP contribution in [0.4, 0.5) is 0 Å². The highest BCUT2D eigenvalue weighted by molar-refractivity contribution is 7.25. The van der Waals surface area contributed by atoms with Crippen molar-refractivity contribution in [3.63, 3.8) is 0 Å². The lowest BCUT2D eigenvalue weighted by Gasteiger charge is -1.87. The summed E-state index contributed by atoms with van der Waals surface area (Å²) in [5, 5.41) is 1.57. The number of rotatable bonds is 0. The van der Waals surface area contributed by atoms with E-state index in [2.05, 4.69) is 4.98 Å². The fraction of sp³-hybridized carbons (Fsp3) is 0. The highest BCUT2D eigenvalue weighted by Gasteiger charge is 1.98. The molecular weight excluding hydrogens is 176 g/mol. The van der Waals surface area contributed by atoms with Crippen LogP contribution in [-0.2, 0) is 0 Å². The molecule has 0 N–H and O–H groups in total. The van der Waals surface area contributed by atoms with Crippen molar-refractivity contribution in [2.75, 3.05) is 0 Å². The molecule has 2 heterocycles. The Labute approximate surface area is 74.4 Å². The molecule has 2 rings (SSSR count). The molecule has 2 radical (unpaired) electrons. The van der Waals surface area contributed by atoms with Gasteiger partial charge in [-0.2, -0.15) is 0 Å². The van der Waals surface area contributed by atoms with Gasteiger partial charge in [-0.05, 0) is 23.0 Å². The molecule has 0 saturated carbocycles. The summed E-state index contributed by atoms with van der Waals surface area (Å²) >= 11 is 7.13. The SMILES string of the molecule is [B]c1cc2ccc(Cl)nc2s1. The molecule has 0 saturated heterocycles. The zero-order valence-corrected chi connectivity index (χ0v) is 7.12. The van der Waals surface area contributed by atoms with Crippen molar-refractivity contribution in [1.82, 2.24) is 4.98 Å². The Morgan fingerprint density at radius 1 is 1.45 bits per heavy atom. The van der Waals surface area contributed by atoms with Gasteiger partial charge >= 0.3 is 0 Å². The van der Waals surface area contributed by atoms with Crippen LogP contribution in [0.5, 0.6) is 0 Å². The lowest BCUT2D eigenvalue weighted by Crippen LogP contribution is -1.88. The minimum atomic E-state index is 0.513. The van der Waals surface area contributed by atoms with Gasteiger partial charge in [-0.25, -0.2) is 4.98 Å². The first-order valence-electron chi connectivity index (χ1n) is 3.07. The normalized spacial score (nSPS) is 10.6. The zero-order chi connectivity index (χ0) is 7.84. The lowest BCUT2D eigenvalue weighted by atomic mass is 10.1. The van der Waals surface area contributed by atoms with E-state index in [0.29, 0.717) is 5.15 Å². The summed E-state index contributed by atoms with van der Waals surface area (Å²) in [5.41, 5.74) is 0. The van der Waals surface area contributed by atoms with Crippen LogP contribution in [0, 0.1) is 0 Å². The summed E-state index contributed by atoms with van der Waals surface area (Å²) in [6.07, 6.45) is 0. The van der Waals surface area contributed by atoms with E-state index in [1.54, 1.807) is 6.07 Å². The Morgan fingerprint density at radius 2 is 2.27 bits per heavy atom. The molecule has 0 atom stereocenters. The van der Waals surface area contributed by atoms with Crippen LogP contribution in [0.15, 0.2) is 18.2 Å². The number of hydrogen-bond donors (Lipinski definition) is 0. The highest BCUT2D eigenvalue weighted by Crippen LogP contribution is 2.18. The Kier molecular flexibility index (Phi) is 1.62. The van der Waals surface area contributed by atoms with Gasteiger partial charge in [0, 0.05) is 5.39 Å². The first kappa shape index (κ1) is 7.13. The van der Waals surface area contributed by atoms with Crippen LogP contribution in [0.1, 0.15) is 0 Å². The third-order valence-electron chi connectivity index (χ3n) is 1.37. The van der Waals surface area contributed by atoms with Crippen molar-refractivity contribution in [3.8, 4) is 0 Å². The van der Waals surface area contributed by atoms with Gasteiger partial charge in [0.05, 0.1) is 0 Å². The maximum Gasteiger partial charge on any atom is 0.130 e. The molecule has 0 fully saturated rings. The fourth-order valence-electron chi connectivity index (χ4n) is 0.915. The molecule has 4 heteroatoms. The Bertz CT molecular complexity index is 398. The standard InChI is InChI=1S/C7H3BClNS/c8-5-3-4-1-2-6(9)10-7(4)11-5/h1-3H. The van der Waals surface area contributed by atoms with E-state index in [0.717, 1.165) is 15.0 Å². The number of hydrogen-bond acceptors (Lipinski definition) is 2. The topological polar surface area (TPSA) is 12.9 Å². The van der Waals surface area contributed by atoms with Crippen LogP contribution in [-0.4, -0.2) is 12.8 Å². The molecular formula is C7H3BClNS. The molecule has 0 aromatic carbocycles. The number of halogens is 1. The molecule has 0 unspecified atom stereocenters. The van der Waals surface area contributed by atoms with Gasteiger partial charge in [0.1, 0.15) is 17.8 Å². The first-order valence-corrected chi connectivity index (χ1v) is 4.27. The third-order valence-corrected chi connectivity index (χ3v) is 2.45. The molecule has 0 aliphatic rings. The molecule has 11 heavy (non-hydrogen) atoms. The molecule has 2 aromatic rings. The van der Waals surface area contributed by atoms with Crippen LogP contribution >= 0.6 is 22.9 Å². The quantitative estimate of drug-likeness (QED) is 0.443. The van der Waals surface area contributed by atoms with Gasteiger partial charge in [-0.15, -0.1) is 11.3 Å². The van der Waals surface area contributed by atoms with Gasteiger partial charge in [-0.1, -0.05) is 11.6 Å². The second kappa shape index (κ2) is 2.50. The van der Waals surface area contributed by atoms with Crippen molar-refractivity contribution in [2.24, 2.45) is 0 Å². The minimum Gasteiger partial charge on any atom is -0.225 e. The maximum absolute atomic E-state index is 5.68. The number of nitrogens with zero attached hydrogens (tertiary/aromatic N) is 1. The highest BCUT2D eigenvalue weighted by atomic mass is 35.5. The molecule has 1 nitrogen and oxygen atoms in total. The van der Waals surface area contributed by atoms with E-state index in [4.69, 9.17) is 19.4 Å². The summed E-state index contributed by atoms with van der Waals surface area (Å²) in [6.45, 7) is 0. The third kappa shape index (κ3) is 1.26. The molecule has 2 aromatic heterocycles. The van der Waals surface area contributed by atoms with Crippen LogP contribution < -0.4 is 4.78 Å². The number of fused-ring (bicyclic) bond motifs is 1. The van der Waals surface area contributed by atoms with Crippen molar-refractivity contribution in [1.29, 1.82) is 0 Å². The molecule has 0 bridgehead atoms. The van der Waals surface area contributed by atoms with Crippen molar-refractivity contribution in [3.05, 3.63) is 23.4 Å². The summed E-state index contributed by atoms with van der Waals surface area (Å²) in [5.74, 6) is 0. The van der Waals surface area contributed by atoms with E-state index in [1.165, 1.54) is 11.3 Å². The van der Waals surface area contributed by atoms with E-state index >= 15 is 0 Å². The second-order valence-electron chi connectivity index (χ2n) is 2.18. The second-order valence-corrected chi connectivity index (χ2v) is 3.63. The number of aromatic nitrogens is 1. The predicted molar refractivity (Wildman–Crippen MR) is 50.0 cm³/mol. The maximum atomic E-state index is 5.68. The average Bonchev–Trinajstić information content (AvgIpc) is 2.27. The largest absolute Gasteiger partial charge is 0.225 e. The van der Waals surface area contributed by atoms with Crippen molar-refractivity contribution in [2.45, 2.75) is 0 Å². The van der Waals surface area contributed by atoms with Crippen LogP contribution in [0.25, 0.3) is 10.2 Å². The van der Waals surface area contributed by atoms with Crippen molar-refractivity contribution >= 4 is 45.8 Å². The monoisotopic (exact) mass is 179 g/mol. The zero-order valence-electron chi connectivity index (χ0n) is 5.54. The van der Waals surface area contributed by atoms with Crippen LogP contribution in [0.3, 0.4) is 0 Å². The van der Waals surface area contributed by atoms with Gasteiger partial charge in [0.25, 0.3) is 0 Å². The van der Waals surface area contributed by atoms with E-state index in [9.17, 15) is 0 Å². The smallest absolute Gasteiger partial charge is 0.130 e. The minimum absolute atomic E-state index is 0.513. The number of thiophene rings is 1. The predicted octanol–water partition coefficient (Wildman–Crippen LogP) is 1.74. The molecule has 0 aliphatic carbocycles. The molecule has 0 spiro atoms. The van der Waals surface area contributed by atoms with E-state index < -0.39 is 0 Å². The summed E-state index contributed by atoms with van der Waals surface area (Å²) in [4.78, 5) is 5.00. The van der Waals surface area contributed by atoms with Gasteiger partial charge in [-0.3, -0.25) is 0 Å². The Morgan fingerprint density at radius 3 is 3.09 bits per heavy atom. The van der Waals surface area contributed by atoms with Crippen molar-refractivity contribution < 1.29 is 0 Å². The molecule has 52 valence electrons. The van der Waals surface area contributed by atoms with Gasteiger partial charge in [0.15, 0.2) is 0 Å². The van der Waals surface area contributed by atoms with Gasteiger partial charge in [0.2, 0.25) is 0 Å². The van der Waals surface area contributed by atoms with E-state index in [1.807, 2.05) is 12.1 Å². The average molecular weight is 179 g/mol. The Balaban J connectivity index is 2.82. The summed E-state index contributed by atoms with van der Waals surface area (Å²) in [6, 6.07) is 5.57. The molecule has 0 amide bonds. The Hall–Kier alpha value is -0.535. The van der Waals surface area contributed by atoms with E-state index in [-0.39, 0.29) is 0 Å².